The standard InChI is InChI=1S/C10H12ClNO2/c1-8-2-4-9(5-3-8)12(7-6-11)10(13)14/h2-5H,6-7H2,1H3,(H,13,14)/p-1. The van der Waals surface area contributed by atoms with E-state index < -0.39 is 6.09 Å². The van der Waals surface area contributed by atoms with Crippen molar-refractivity contribution in [2.24, 2.45) is 0 Å². The molecule has 0 spiro atoms. The lowest BCUT2D eigenvalue weighted by molar-refractivity contribution is -0.246. The molecule has 76 valence electrons. The van der Waals surface area contributed by atoms with Gasteiger partial charge in [-0.3, -0.25) is 0 Å². The van der Waals surface area contributed by atoms with Crippen LogP contribution >= 0.6 is 11.6 Å². The van der Waals surface area contributed by atoms with Gasteiger partial charge in [0.15, 0.2) is 0 Å². The molecule has 0 fully saturated rings. The van der Waals surface area contributed by atoms with Crippen LogP contribution in [-0.2, 0) is 0 Å². The fraction of sp³-hybridized carbons (Fsp3) is 0.300. The Hall–Kier alpha value is -1.22. The molecule has 1 rings (SSSR count). The average molecular weight is 213 g/mol. The topological polar surface area (TPSA) is 43.4 Å². The van der Waals surface area contributed by atoms with E-state index in [2.05, 4.69) is 0 Å². The summed E-state index contributed by atoms with van der Waals surface area (Å²) in [5.74, 6) is 0.252. The lowest BCUT2D eigenvalue weighted by Crippen LogP contribution is -2.42. The third-order valence-corrected chi connectivity index (χ3v) is 2.04. The van der Waals surface area contributed by atoms with Crippen LogP contribution in [0.5, 0.6) is 0 Å². The van der Waals surface area contributed by atoms with E-state index in [-0.39, 0.29) is 12.4 Å². The van der Waals surface area contributed by atoms with Gasteiger partial charge in [0.25, 0.3) is 0 Å². The molecule has 3 nitrogen and oxygen atoms in total. The van der Waals surface area contributed by atoms with E-state index in [1.165, 1.54) is 0 Å². The molecule has 0 aliphatic heterocycles. The zero-order chi connectivity index (χ0) is 10.6. The lowest BCUT2D eigenvalue weighted by Gasteiger charge is -2.24. The van der Waals surface area contributed by atoms with Gasteiger partial charge < -0.3 is 14.8 Å². The molecule has 0 saturated carbocycles. The minimum atomic E-state index is -1.23. The van der Waals surface area contributed by atoms with Crippen LogP contribution in [0.3, 0.4) is 0 Å². The number of alkyl halides is 1. The number of hydrogen-bond donors (Lipinski definition) is 0. The number of carbonyl (C=O) groups is 1. The van der Waals surface area contributed by atoms with Crippen molar-refractivity contribution in [2.45, 2.75) is 6.92 Å². The Morgan fingerprint density at radius 2 is 2.00 bits per heavy atom. The van der Waals surface area contributed by atoms with Gasteiger partial charge in [0.1, 0.15) is 6.09 Å². The minimum absolute atomic E-state index is 0.243. The second-order valence-electron chi connectivity index (χ2n) is 2.94. The van der Waals surface area contributed by atoms with Gasteiger partial charge in [-0.25, -0.2) is 0 Å². The van der Waals surface area contributed by atoms with Crippen LogP contribution in [0.4, 0.5) is 10.5 Å². The molecule has 0 aliphatic carbocycles. The summed E-state index contributed by atoms with van der Waals surface area (Å²) in [6.07, 6.45) is -1.23. The van der Waals surface area contributed by atoms with Crippen molar-refractivity contribution in [3.05, 3.63) is 29.8 Å². The zero-order valence-electron chi connectivity index (χ0n) is 7.87. The first kappa shape index (κ1) is 10.9. The molecule has 0 heterocycles. The summed E-state index contributed by atoms with van der Waals surface area (Å²) in [7, 11) is 0. The Bertz CT molecular complexity index is 310. The Balaban J connectivity index is 2.87. The quantitative estimate of drug-likeness (QED) is 0.711. The molecule has 0 aromatic heterocycles. The Morgan fingerprint density at radius 1 is 1.43 bits per heavy atom. The molecule has 0 unspecified atom stereocenters. The molecule has 0 N–H and O–H groups in total. The molecule has 0 aliphatic rings. The maximum Gasteiger partial charge on any atom is 0.141 e. The summed E-state index contributed by atoms with van der Waals surface area (Å²) in [6.45, 7) is 2.18. The zero-order valence-corrected chi connectivity index (χ0v) is 8.62. The van der Waals surface area contributed by atoms with Crippen LogP contribution < -0.4 is 10.0 Å². The first-order chi connectivity index (χ1) is 6.65. The number of halogens is 1. The molecule has 0 atom stereocenters. The second kappa shape index (κ2) is 4.86. The lowest BCUT2D eigenvalue weighted by atomic mass is 10.2. The Labute approximate surface area is 87.9 Å². The minimum Gasteiger partial charge on any atom is -0.530 e. The first-order valence-electron chi connectivity index (χ1n) is 4.26. The second-order valence-corrected chi connectivity index (χ2v) is 3.32. The number of carboxylic acid groups (broad SMARTS) is 1. The van der Waals surface area contributed by atoms with Gasteiger partial charge in [-0.15, -0.1) is 11.6 Å². The molecule has 0 radical (unpaired) electrons. The van der Waals surface area contributed by atoms with E-state index in [0.717, 1.165) is 10.5 Å². The molecular weight excluding hydrogens is 202 g/mol. The maximum atomic E-state index is 10.7. The molecule has 1 aromatic rings. The SMILES string of the molecule is Cc1ccc(N(CCCl)C(=O)[O-])cc1. The van der Waals surface area contributed by atoms with Gasteiger partial charge in [0.05, 0.1) is 0 Å². The molecule has 1 amide bonds. The number of hydrogen-bond acceptors (Lipinski definition) is 2. The molecule has 4 heteroatoms. The van der Waals surface area contributed by atoms with Crippen molar-refractivity contribution in [3.8, 4) is 0 Å². The van der Waals surface area contributed by atoms with Crippen molar-refractivity contribution in [1.82, 2.24) is 0 Å². The van der Waals surface area contributed by atoms with Crippen molar-refractivity contribution in [3.63, 3.8) is 0 Å². The number of nitrogens with zero attached hydrogens (tertiary/aromatic N) is 1. The van der Waals surface area contributed by atoms with Crippen molar-refractivity contribution < 1.29 is 9.90 Å². The van der Waals surface area contributed by atoms with Crippen LogP contribution in [0, 0.1) is 6.92 Å². The van der Waals surface area contributed by atoms with Crippen molar-refractivity contribution in [2.75, 3.05) is 17.3 Å². The summed E-state index contributed by atoms with van der Waals surface area (Å²) in [5, 5.41) is 10.7. The number of amides is 1. The molecule has 0 bridgehead atoms. The number of anilines is 1. The highest BCUT2D eigenvalue weighted by molar-refractivity contribution is 6.18. The van der Waals surface area contributed by atoms with Crippen molar-refractivity contribution in [1.29, 1.82) is 0 Å². The number of benzene rings is 1. The van der Waals surface area contributed by atoms with Gasteiger partial charge in [0.2, 0.25) is 0 Å². The highest BCUT2D eigenvalue weighted by atomic mass is 35.5. The van der Waals surface area contributed by atoms with Gasteiger partial charge in [-0.2, -0.15) is 0 Å². The predicted octanol–water partition coefficient (Wildman–Crippen LogP) is 1.38. The van der Waals surface area contributed by atoms with Crippen LogP contribution in [0.15, 0.2) is 24.3 Å². The summed E-state index contributed by atoms with van der Waals surface area (Å²) < 4.78 is 0. The average Bonchev–Trinajstić information content (AvgIpc) is 2.15. The van der Waals surface area contributed by atoms with E-state index in [4.69, 9.17) is 11.6 Å². The number of carbonyl (C=O) groups excluding carboxylic acids is 1. The Kier molecular flexibility index (Phi) is 3.77. The molecule has 14 heavy (non-hydrogen) atoms. The van der Waals surface area contributed by atoms with Crippen LogP contribution in [0.2, 0.25) is 0 Å². The fourth-order valence-electron chi connectivity index (χ4n) is 1.14. The van der Waals surface area contributed by atoms with Crippen LogP contribution in [0.25, 0.3) is 0 Å². The number of rotatable bonds is 3. The van der Waals surface area contributed by atoms with Gasteiger partial charge in [-0.05, 0) is 19.1 Å². The van der Waals surface area contributed by atoms with Gasteiger partial charge >= 0.3 is 0 Å². The summed E-state index contributed by atoms with van der Waals surface area (Å²) >= 11 is 5.49. The molecule has 0 saturated heterocycles. The number of aryl methyl sites for hydroxylation is 1. The van der Waals surface area contributed by atoms with Gasteiger partial charge in [0, 0.05) is 18.1 Å². The monoisotopic (exact) mass is 212 g/mol. The van der Waals surface area contributed by atoms with Gasteiger partial charge in [-0.1, -0.05) is 17.7 Å². The largest absolute Gasteiger partial charge is 0.530 e. The molecule has 1 aromatic carbocycles. The highest BCUT2D eigenvalue weighted by Crippen LogP contribution is 2.14. The fourth-order valence-corrected chi connectivity index (χ4v) is 1.30. The highest BCUT2D eigenvalue weighted by Gasteiger charge is 2.05. The first-order valence-corrected chi connectivity index (χ1v) is 4.79. The van der Waals surface area contributed by atoms with E-state index in [1.54, 1.807) is 12.1 Å². The summed E-state index contributed by atoms with van der Waals surface area (Å²) in [6, 6.07) is 7.16. The maximum absolute atomic E-state index is 10.7. The molecular formula is C10H11ClNO2-. The predicted molar refractivity (Wildman–Crippen MR) is 54.6 cm³/mol. The van der Waals surface area contributed by atoms with E-state index in [9.17, 15) is 9.90 Å². The van der Waals surface area contributed by atoms with E-state index in [1.807, 2.05) is 19.1 Å². The van der Waals surface area contributed by atoms with Crippen LogP contribution in [0.1, 0.15) is 5.56 Å². The van der Waals surface area contributed by atoms with Crippen molar-refractivity contribution >= 4 is 23.4 Å². The normalized spacial score (nSPS) is 9.86. The van der Waals surface area contributed by atoms with Crippen LogP contribution in [-0.4, -0.2) is 18.5 Å². The summed E-state index contributed by atoms with van der Waals surface area (Å²) in [4.78, 5) is 11.8. The third-order valence-electron chi connectivity index (χ3n) is 1.87. The summed E-state index contributed by atoms with van der Waals surface area (Å²) in [5.41, 5.74) is 1.68. The Morgan fingerprint density at radius 3 is 2.43 bits per heavy atom. The van der Waals surface area contributed by atoms with E-state index >= 15 is 0 Å². The van der Waals surface area contributed by atoms with E-state index in [0.29, 0.717) is 5.69 Å². The third kappa shape index (κ3) is 2.64. The smallest absolute Gasteiger partial charge is 0.141 e.